The van der Waals surface area contributed by atoms with E-state index in [2.05, 4.69) is 40.4 Å². The van der Waals surface area contributed by atoms with Crippen LogP contribution < -0.4 is 0 Å². The van der Waals surface area contributed by atoms with E-state index in [1.54, 1.807) is 25.3 Å². The van der Waals surface area contributed by atoms with E-state index in [-0.39, 0.29) is 23.4 Å². The number of hydrogen-bond donors (Lipinski definition) is 0. The Bertz CT molecular complexity index is 1710. The summed E-state index contributed by atoms with van der Waals surface area (Å²) >= 11 is 0. The first kappa shape index (κ1) is 41.0. The molecule has 0 N–H and O–H groups in total. The Morgan fingerprint density at radius 1 is 0.904 bits per heavy atom. The van der Waals surface area contributed by atoms with Crippen LogP contribution in [0.1, 0.15) is 92.3 Å². The molecule has 2 amide bonds. The average molecular weight is 733 g/mol. The number of carbonyl (C=O) groups is 3. The van der Waals surface area contributed by atoms with Gasteiger partial charge in [-0.25, -0.2) is 19.1 Å². The van der Waals surface area contributed by atoms with Crippen LogP contribution in [0.4, 0.5) is 9.59 Å². The molecule has 2 aromatic carbocycles. The highest BCUT2D eigenvalue weighted by atomic mass is 28.4. The van der Waals surface area contributed by atoms with Gasteiger partial charge in [0, 0.05) is 30.1 Å². The number of para-hydroxylation sites is 1. The van der Waals surface area contributed by atoms with Crippen molar-refractivity contribution < 1.29 is 33.0 Å². The predicted octanol–water partition coefficient (Wildman–Crippen LogP) is 10.1. The largest absolute Gasteiger partial charge is 0.443 e. The van der Waals surface area contributed by atoms with Crippen molar-refractivity contribution in [2.75, 3.05) is 13.2 Å². The molecule has 4 rings (SSSR count). The van der Waals surface area contributed by atoms with Gasteiger partial charge in [0.1, 0.15) is 11.2 Å². The van der Waals surface area contributed by atoms with E-state index in [0.29, 0.717) is 37.3 Å². The van der Waals surface area contributed by atoms with Gasteiger partial charge in [-0.2, -0.15) is 0 Å². The molecule has 1 aliphatic heterocycles. The first-order chi connectivity index (χ1) is 24.1. The molecule has 10 heteroatoms. The summed E-state index contributed by atoms with van der Waals surface area (Å²) < 4.78 is 26.9. The molecular formula is C42H60N2O7Si. The minimum Gasteiger partial charge on any atom is -0.443 e. The lowest BCUT2D eigenvalue weighted by Gasteiger charge is -2.44. The number of imide groups is 1. The van der Waals surface area contributed by atoms with Gasteiger partial charge in [-0.1, -0.05) is 75.4 Å². The summed E-state index contributed by atoms with van der Waals surface area (Å²) in [4.78, 5) is 42.9. The maximum atomic E-state index is 14.4. The van der Waals surface area contributed by atoms with E-state index in [9.17, 15) is 14.4 Å². The Morgan fingerprint density at radius 3 is 2.10 bits per heavy atom. The molecule has 0 saturated carbocycles. The third kappa shape index (κ3) is 10.0. The minimum absolute atomic E-state index is 0.179. The molecule has 9 nitrogen and oxygen atoms in total. The number of amides is 2. The zero-order valence-electron chi connectivity index (χ0n) is 33.2. The van der Waals surface area contributed by atoms with Gasteiger partial charge in [0.25, 0.3) is 0 Å². The smallest absolute Gasteiger partial charge is 0.419 e. The monoisotopic (exact) mass is 732 g/mol. The van der Waals surface area contributed by atoms with Crippen molar-refractivity contribution in [2.24, 2.45) is 11.8 Å². The van der Waals surface area contributed by atoms with Crippen LogP contribution >= 0.6 is 0 Å². The molecule has 284 valence electrons. The topological polar surface area (TPSA) is 96.3 Å². The molecule has 0 radical (unpaired) electrons. The molecule has 1 saturated heterocycles. The molecule has 52 heavy (non-hydrogen) atoms. The van der Waals surface area contributed by atoms with E-state index < -0.39 is 49.6 Å². The number of nitrogens with zero attached hydrogens (tertiary/aromatic N) is 2. The molecule has 4 atom stereocenters. The van der Waals surface area contributed by atoms with Crippen molar-refractivity contribution in [1.82, 2.24) is 9.47 Å². The van der Waals surface area contributed by atoms with Crippen LogP contribution in [-0.4, -0.2) is 66.3 Å². The summed E-state index contributed by atoms with van der Waals surface area (Å²) in [5.74, 6) is -1.79. The number of benzene rings is 2. The standard InChI is InChI=1S/C42H60N2O7Si/c1-13-31(35-27-30-21-17-18-22-34(30)44(35)39(47)50-41(5,6)7)32(24-26-48-28-29-19-15-14-16-20-29)36(51-52(11,12)42(8,9)10)33-23-25-43(37(33)45)38(46)49-40(2,3)4/h13-22,27,31-33,36H,1,23-26,28H2,2-12H3/t31-,32+,33+,36-/m0/s1. The fourth-order valence-corrected chi connectivity index (χ4v) is 7.84. The Morgan fingerprint density at radius 2 is 1.50 bits per heavy atom. The van der Waals surface area contributed by atoms with Crippen molar-refractivity contribution in [2.45, 2.75) is 123 Å². The molecule has 1 aliphatic rings. The number of rotatable bonds is 12. The number of aromatic nitrogens is 1. The zero-order valence-corrected chi connectivity index (χ0v) is 34.2. The fourth-order valence-electron chi connectivity index (χ4n) is 6.47. The molecule has 0 aliphatic carbocycles. The summed E-state index contributed by atoms with van der Waals surface area (Å²) in [6, 6.07) is 19.7. The van der Waals surface area contributed by atoms with Gasteiger partial charge < -0.3 is 18.6 Å². The summed E-state index contributed by atoms with van der Waals surface area (Å²) in [5, 5.41) is 0.700. The maximum absolute atomic E-state index is 14.4. The Balaban J connectivity index is 1.86. The first-order valence-corrected chi connectivity index (χ1v) is 21.3. The molecule has 1 fully saturated rings. The van der Waals surface area contributed by atoms with Crippen LogP contribution in [0.3, 0.4) is 0 Å². The maximum Gasteiger partial charge on any atom is 0.419 e. The van der Waals surface area contributed by atoms with Gasteiger partial charge in [0.15, 0.2) is 8.32 Å². The van der Waals surface area contributed by atoms with E-state index in [4.69, 9.17) is 18.6 Å². The SMILES string of the molecule is C=C[C@H](c1cc2ccccc2n1C(=O)OC(C)(C)C)[C@@H](CCOCc1ccccc1)[C@H](O[Si](C)(C)C(C)(C)C)[C@H]1CCN(C(=O)OC(C)(C)C)C1=O. The molecule has 0 bridgehead atoms. The van der Waals surface area contributed by atoms with Crippen LogP contribution in [0.25, 0.3) is 10.9 Å². The predicted molar refractivity (Wildman–Crippen MR) is 209 cm³/mol. The van der Waals surface area contributed by atoms with E-state index in [1.165, 1.54) is 4.90 Å². The molecule has 2 heterocycles. The molecule has 0 unspecified atom stereocenters. The van der Waals surface area contributed by atoms with E-state index >= 15 is 0 Å². The molecule has 0 spiro atoms. The first-order valence-electron chi connectivity index (χ1n) is 18.4. The van der Waals surface area contributed by atoms with Gasteiger partial charge in [0.2, 0.25) is 5.91 Å². The van der Waals surface area contributed by atoms with Gasteiger partial charge >= 0.3 is 12.2 Å². The van der Waals surface area contributed by atoms with Crippen molar-refractivity contribution in [3.05, 3.63) is 84.6 Å². The second kappa shape index (κ2) is 16.1. The Hall–Kier alpha value is -3.73. The number of ether oxygens (including phenoxy) is 3. The second-order valence-corrected chi connectivity index (χ2v) is 22.2. The quantitative estimate of drug-likeness (QED) is 0.104. The van der Waals surface area contributed by atoms with Crippen LogP contribution in [0.5, 0.6) is 0 Å². The molecular weight excluding hydrogens is 673 g/mol. The van der Waals surface area contributed by atoms with Gasteiger partial charge in [-0.05, 0) is 96.1 Å². The Labute approximate surface area is 311 Å². The number of fused-ring (bicyclic) bond motifs is 1. The second-order valence-electron chi connectivity index (χ2n) is 17.4. The van der Waals surface area contributed by atoms with Crippen LogP contribution in [0, 0.1) is 11.8 Å². The fraction of sp³-hybridized carbons (Fsp3) is 0.548. The highest BCUT2D eigenvalue weighted by molar-refractivity contribution is 6.74. The summed E-state index contributed by atoms with van der Waals surface area (Å²) in [7, 11) is -2.53. The van der Waals surface area contributed by atoms with Crippen molar-refractivity contribution in [1.29, 1.82) is 0 Å². The van der Waals surface area contributed by atoms with Crippen LogP contribution in [-0.2, 0) is 30.0 Å². The van der Waals surface area contributed by atoms with E-state index in [1.807, 2.05) is 87.5 Å². The Kier molecular flexibility index (Phi) is 12.7. The van der Waals surface area contributed by atoms with Crippen molar-refractivity contribution >= 4 is 37.3 Å². The van der Waals surface area contributed by atoms with E-state index in [0.717, 1.165) is 10.9 Å². The third-order valence-electron chi connectivity index (χ3n) is 10.00. The normalized spacial score (nSPS) is 17.6. The van der Waals surface area contributed by atoms with Gasteiger partial charge in [-0.3, -0.25) is 4.79 Å². The number of allylic oxidation sites excluding steroid dienone is 1. The van der Waals surface area contributed by atoms with Crippen molar-refractivity contribution in [3.63, 3.8) is 0 Å². The third-order valence-corrected chi connectivity index (χ3v) is 14.5. The number of carbonyl (C=O) groups excluding carboxylic acids is 3. The minimum atomic E-state index is -2.53. The lowest BCUT2D eigenvalue weighted by Crippen LogP contribution is -2.51. The summed E-state index contributed by atoms with van der Waals surface area (Å²) in [6.07, 6.45) is 0.981. The number of likely N-dealkylation sites (tertiary alicyclic amines) is 1. The summed E-state index contributed by atoms with van der Waals surface area (Å²) in [5.41, 5.74) is 0.971. The van der Waals surface area contributed by atoms with Crippen LogP contribution in [0.15, 0.2) is 73.3 Å². The number of hydrogen-bond acceptors (Lipinski definition) is 7. The van der Waals surface area contributed by atoms with Gasteiger partial charge in [0.05, 0.1) is 24.1 Å². The van der Waals surface area contributed by atoms with Gasteiger partial charge in [-0.15, -0.1) is 6.58 Å². The zero-order chi connectivity index (χ0) is 38.6. The average Bonchev–Trinajstić information content (AvgIpc) is 3.60. The van der Waals surface area contributed by atoms with Crippen LogP contribution in [0.2, 0.25) is 18.1 Å². The summed E-state index contributed by atoms with van der Waals surface area (Å²) in [6.45, 7) is 27.1. The molecule has 1 aromatic heterocycles. The highest BCUT2D eigenvalue weighted by Crippen LogP contribution is 2.45. The van der Waals surface area contributed by atoms with Crippen molar-refractivity contribution in [3.8, 4) is 0 Å². The lowest BCUT2D eigenvalue weighted by molar-refractivity contribution is -0.134. The molecule has 3 aromatic rings. The lowest BCUT2D eigenvalue weighted by atomic mass is 9.77. The highest BCUT2D eigenvalue weighted by Gasteiger charge is 2.50.